The Morgan fingerprint density at radius 3 is 2.21 bits per heavy atom. The molecule has 1 saturated heterocycles. The van der Waals surface area contributed by atoms with Crippen molar-refractivity contribution in [1.82, 2.24) is 4.31 Å². The predicted molar refractivity (Wildman–Crippen MR) is 108 cm³/mol. The molecule has 2 aromatic rings. The van der Waals surface area contributed by atoms with Crippen molar-refractivity contribution in [3.8, 4) is 5.75 Å². The molecule has 2 N–H and O–H groups in total. The largest absolute Gasteiger partial charge is 0.423 e. The first-order valence-electron chi connectivity index (χ1n) is 9.39. The first-order valence-corrected chi connectivity index (χ1v) is 10.8. The van der Waals surface area contributed by atoms with E-state index in [4.69, 9.17) is 10.5 Å². The van der Waals surface area contributed by atoms with Crippen molar-refractivity contribution < 1.29 is 22.7 Å². The lowest BCUT2D eigenvalue weighted by atomic mass is 9.94. The number of carbonyl (C=O) groups excluding carboxylic acids is 2. The molecule has 1 aliphatic rings. The molecule has 3 rings (SSSR count). The van der Waals surface area contributed by atoms with E-state index in [1.54, 1.807) is 0 Å². The van der Waals surface area contributed by atoms with Crippen LogP contribution < -0.4 is 10.5 Å². The molecule has 0 spiro atoms. The van der Waals surface area contributed by atoms with Crippen molar-refractivity contribution in [2.45, 2.75) is 25.2 Å². The lowest BCUT2D eigenvalue weighted by molar-refractivity contribution is 0.0734. The van der Waals surface area contributed by atoms with Crippen LogP contribution in [0.25, 0.3) is 0 Å². The van der Waals surface area contributed by atoms with Crippen LogP contribution >= 0.6 is 0 Å². The maximum atomic E-state index is 13.0. The van der Waals surface area contributed by atoms with E-state index in [9.17, 15) is 18.0 Å². The van der Waals surface area contributed by atoms with Crippen LogP contribution in [0.2, 0.25) is 0 Å². The van der Waals surface area contributed by atoms with E-state index >= 15 is 0 Å². The van der Waals surface area contributed by atoms with E-state index in [0.717, 1.165) is 6.42 Å². The first-order chi connectivity index (χ1) is 13.7. The van der Waals surface area contributed by atoms with Gasteiger partial charge in [-0.2, -0.15) is 4.31 Å². The van der Waals surface area contributed by atoms with Crippen molar-refractivity contribution in [1.29, 1.82) is 0 Å². The maximum Gasteiger partial charge on any atom is 0.343 e. The molecule has 0 saturated carbocycles. The van der Waals surface area contributed by atoms with Crippen LogP contribution in [0, 0.1) is 11.8 Å². The molecule has 0 bridgehead atoms. The number of sulfonamides is 1. The Labute approximate surface area is 170 Å². The van der Waals surface area contributed by atoms with Gasteiger partial charge in [-0.15, -0.1) is 0 Å². The highest BCUT2D eigenvalue weighted by Crippen LogP contribution is 2.27. The second-order valence-corrected chi connectivity index (χ2v) is 9.51. The summed E-state index contributed by atoms with van der Waals surface area (Å²) in [5.74, 6) is -0.474. The molecule has 2 aromatic carbocycles. The number of hydrogen-bond acceptors (Lipinski definition) is 5. The summed E-state index contributed by atoms with van der Waals surface area (Å²) >= 11 is 0. The summed E-state index contributed by atoms with van der Waals surface area (Å²) in [4.78, 5) is 23.6. The Bertz CT molecular complexity index is 1010. The van der Waals surface area contributed by atoms with Crippen molar-refractivity contribution in [3.05, 3.63) is 59.7 Å². The number of nitrogens with zero attached hydrogens (tertiary/aromatic N) is 1. The predicted octanol–water partition coefficient (Wildman–Crippen LogP) is 2.67. The fraction of sp³-hybridized carbons (Fsp3) is 0.333. The number of amides is 1. The van der Waals surface area contributed by atoms with Crippen LogP contribution in [-0.4, -0.2) is 37.7 Å². The van der Waals surface area contributed by atoms with Gasteiger partial charge in [0.2, 0.25) is 15.9 Å². The van der Waals surface area contributed by atoms with Gasteiger partial charge in [0.1, 0.15) is 5.75 Å². The molecule has 0 unspecified atom stereocenters. The summed E-state index contributed by atoms with van der Waals surface area (Å²) in [5.41, 5.74) is 5.61. The molecular weight excluding hydrogens is 392 g/mol. The SMILES string of the molecule is C[C@H]1C[C@H](C)CN(S(=O)(=O)c2cccc(C(=O)Oc3ccc(C(N)=O)cc3)c2)C1. The van der Waals surface area contributed by atoms with Gasteiger partial charge in [0, 0.05) is 18.7 Å². The summed E-state index contributed by atoms with van der Waals surface area (Å²) in [5, 5.41) is 0. The van der Waals surface area contributed by atoms with Gasteiger partial charge in [-0.3, -0.25) is 4.79 Å². The number of hydrogen-bond donors (Lipinski definition) is 1. The van der Waals surface area contributed by atoms with Crippen LogP contribution in [0.5, 0.6) is 5.75 Å². The van der Waals surface area contributed by atoms with E-state index in [2.05, 4.69) is 0 Å². The van der Waals surface area contributed by atoms with Gasteiger partial charge < -0.3 is 10.5 Å². The molecule has 1 heterocycles. The number of carbonyl (C=O) groups is 2. The molecule has 1 amide bonds. The Morgan fingerprint density at radius 1 is 1.00 bits per heavy atom. The third-order valence-electron chi connectivity index (χ3n) is 4.89. The maximum absolute atomic E-state index is 13.0. The molecule has 2 atom stereocenters. The second-order valence-electron chi connectivity index (χ2n) is 7.57. The van der Waals surface area contributed by atoms with Crippen LogP contribution in [-0.2, 0) is 10.0 Å². The van der Waals surface area contributed by atoms with Crippen LogP contribution in [0.15, 0.2) is 53.4 Å². The minimum atomic E-state index is -3.70. The average molecular weight is 416 g/mol. The van der Waals surface area contributed by atoms with Gasteiger partial charge >= 0.3 is 5.97 Å². The van der Waals surface area contributed by atoms with E-state index in [1.165, 1.54) is 52.8 Å². The number of primary amides is 1. The summed E-state index contributed by atoms with van der Waals surface area (Å²) in [6.45, 7) is 5.01. The van der Waals surface area contributed by atoms with Crippen molar-refractivity contribution in [2.24, 2.45) is 17.6 Å². The third kappa shape index (κ3) is 4.83. The second kappa shape index (κ2) is 8.34. The third-order valence-corrected chi connectivity index (χ3v) is 6.72. The van der Waals surface area contributed by atoms with Crippen molar-refractivity contribution >= 4 is 21.9 Å². The fourth-order valence-corrected chi connectivity index (χ4v) is 5.31. The molecule has 7 nitrogen and oxygen atoms in total. The molecule has 0 radical (unpaired) electrons. The lowest BCUT2D eigenvalue weighted by Crippen LogP contribution is -2.42. The molecule has 8 heteroatoms. The normalized spacial score (nSPS) is 20.2. The van der Waals surface area contributed by atoms with E-state index in [1.807, 2.05) is 13.8 Å². The van der Waals surface area contributed by atoms with Crippen molar-refractivity contribution in [2.75, 3.05) is 13.1 Å². The molecule has 0 aliphatic carbocycles. The molecule has 1 aliphatic heterocycles. The first kappa shape index (κ1) is 21.0. The number of rotatable bonds is 5. The molecular formula is C21H24N2O5S. The number of nitrogens with two attached hydrogens (primary N) is 1. The Morgan fingerprint density at radius 2 is 1.62 bits per heavy atom. The Hall–Kier alpha value is -2.71. The zero-order valence-corrected chi connectivity index (χ0v) is 17.2. The van der Waals surface area contributed by atoms with E-state index in [0.29, 0.717) is 18.7 Å². The summed E-state index contributed by atoms with van der Waals surface area (Å²) in [6.07, 6.45) is 0.993. The van der Waals surface area contributed by atoms with Gasteiger partial charge in [0.05, 0.1) is 10.5 Å². The number of esters is 1. The Balaban J connectivity index is 1.79. The molecule has 1 fully saturated rings. The van der Waals surface area contributed by atoms with Gasteiger partial charge in [0.15, 0.2) is 0 Å². The minimum absolute atomic E-state index is 0.0670. The van der Waals surface area contributed by atoms with Gasteiger partial charge in [-0.1, -0.05) is 19.9 Å². The van der Waals surface area contributed by atoms with Crippen LogP contribution in [0.4, 0.5) is 0 Å². The minimum Gasteiger partial charge on any atom is -0.423 e. The molecule has 154 valence electrons. The van der Waals surface area contributed by atoms with Gasteiger partial charge in [0.25, 0.3) is 0 Å². The monoisotopic (exact) mass is 416 g/mol. The summed E-state index contributed by atoms with van der Waals surface area (Å²) < 4.78 is 32.9. The fourth-order valence-electron chi connectivity index (χ4n) is 3.59. The van der Waals surface area contributed by atoms with Crippen molar-refractivity contribution in [3.63, 3.8) is 0 Å². The highest BCUT2D eigenvalue weighted by Gasteiger charge is 2.32. The van der Waals surface area contributed by atoms with Gasteiger partial charge in [-0.05, 0) is 60.7 Å². The number of benzene rings is 2. The summed E-state index contributed by atoms with van der Waals surface area (Å²) in [7, 11) is -3.70. The average Bonchev–Trinajstić information content (AvgIpc) is 2.67. The zero-order chi connectivity index (χ0) is 21.2. The van der Waals surface area contributed by atoms with E-state index < -0.39 is 21.9 Å². The van der Waals surface area contributed by atoms with E-state index in [-0.39, 0.29) is 28.0 Å². The standard InChI is InChI=1S/C21H24N2O5S/c1-14-10-15(2)13-23(12-14)29(26,27)19-5-3-4-17(11-19)21(25)28-18-8-6-16(7-9-18)20(22)24/h3-9,11,14-15H,10,12-13H2,1-2H3,(H2,22,24)/t14-,15-/m0/s1. The van der Waals surface area contributed by atoms with Crippen LogP contribution in [0.3, 0.4) is 0 Å². The zero-order valence-electron chi connectivity index (χ0n) is 16.4. The smallest absolute Gasteiger partial charge is 0.343 e. The highest BCUT2D eigenvalue weighted by atomic mass is 32.2. The highest BCUT2D eigenvalue weighted by molar-refractivity contribution is 7.89. The quantitative estimate of drug-likeness (QED) is 0.596. The molecule has 29 heavy (non-hydrogen) atoms. The lowest BCUT2D eigenvalue weighted by Gasteiger charge is -2.34. The van der Waals surface area contributed by atoms with Gasteiger partial charge in [-0.25, -0.2) is 13.2 Å². The number of ether oxygens (including phenoxy) is 1. The Kier molecular flexibility index (Phi) is 6.04. The van der Waals surface area contributed by atoms with Crippen LogP contribution in [0.1, 0.15) is 41.0 Å². The molecule has 0 aromatic heterocycles. The summed E-state index contributed by atoms with van der Waals surface area (Å²) in [6, 6.07) is 11.6. The number of piperidine rings is 1. The topological polar surface area (TPSA) is 107 Å².